The van der Waals surface area contributed by atoms with Crippen molar-refractivity contribution in [2.45, 2.75) is 6.92 Å². The number of carbonyl (C=O) groups excluding carboxylic acids is 1. The Kier molecular flexibility index (Phi) is 2.12. The Morgan fingerprint density at radius 1 is 1.57 bits per heavy atom. The van der Waals surface area contributed by atoms with Gasteiger partial charge in [0.05, 0.1) is 0 Å². The van der Waals surface area contributed by atoms with E-state index in [4.69, 9.17) is 0 Å². The largest absolute Gasteiger partial charge is 0.372 e. The first kappa shape index (κ1) is 9.00. The molecule has 72 valence electrons. The molecule has 0 aliphatic rings. The van der Waals surface area contributed by atoms with Crippen LogP contribution < -0.4 is 0 Å². The number of rotatable bonds is 0. The standard InChI is InChI=1S/C6H5BrN6O/c1-4-10-5(7)11-13(4)6(14)12-3-8-2-9-12/h2-3H,1H3. The molecular weight excluding hydrogens is 252 g/mol. The van der Waals surface area contributed by atoms with E-state index in [0.717, 1.165) is 9.36 Å². The highest BCUT2D eigenvalue weighted by molar-refractivity contribution is 9.10. The SMILES string of the molecule is Cc1nc(Br)nn1C(=O)n1cncn1. The molecule has 7 nitrogen and oxygen atoms in total. The summed E-state index contributed by atoms with van der Waals surface area (Å²) in [6.07, 6.45) is 2.58. The summed E-state index contributed by atoms with van der Waals surface area (Å²) in [5.41, 5.74) is 0. The summed E-state index contributed by atoms with van der Waals surface area (Å²) in [6, 6.07) is -0.418. The van der Waals surface area contributed by atoms with Crippen LogP contribution in [0.25, 0.3) is 0 Å². The summed E-state index contributed by atoms with van der Waals surface area (Å²) in [6.45, 7) is 1.67. The van der Waals surface area contributed by atoms with Crippen LogP contribution in [-0.2, 0) is 0 Å². The first-order chi connectivity index (χ1) is 6.68. The predicted molar refractivity (Wildman–Crippen MR) is 48.7 cm³/mol. The summed E-state index contributed by atoms with van der Waals surface area (Å²) < 4.78 is 2.58. The number of hydrogen-bond donors (Lipinski definition) is 0. The van der Waals surface area contributed by atoms with Crippen LogP contribution >= 0.6 is 15.9 Å². The van der Waals surface area contributed by atoms with Gasteiger partial charge in [-0.15, -0.1) is 5.10 Å². The molecule has 0 aromatic carbocycles. The second kappa shape index (κ2) is 3.29. The normalized spacial score (nSPS) is 10.4. The zero-order valence-electron chi connectivity index (χ0n) is 7.12. The van der Waals surface area contributed by atoms with Crippen molar-refractivity contribution >= 4 is 22.0 Å². The van der Waals surface area contributed by atoms with Crippen molar-refractivity contribution in [2.24, 2.45) is 0 Å². The lowest BCUT2D eigenvalue weighted by Gasteiger charge is -1.98. The number of halogens is 1. The summed E-state index contributed by atoms with van der Waals surface area (Å²) in [5.74, 6) is 0.484. The van der Waals surface area contributed by atoms with Gasteiger partial charge in [-0.25, -0.2) is 14.8 Å². The summed E-state index contributed by atoms with van der Waals surface area (Å²) in [5, 5.41) is 7.55. The molecule has 0 atom stereocenters. The third kappa shape index (κ3) is 1.43. The molecule has 0 aliphatic heterocycles. The van der Waals surface area contributed by atoms with Crippen molar-refractivity contribution in [1.82, 2.24) is 29.5 Å². The van der Waals surface area contributed by atoms with Crippen LogP contribution in [0.3, 0.4) is 0 Å². The van der Waals surface area contributed by atoms with Crippen molar-refractivity contribution in [3.8, 4) is 0 Å². The van der Waals surface area contributed by atoms with Gasteiger partial charge in [-0.05, 0) is 22.9 Å². The average molecular weight is 257 g/mol. The second-order valence-electron chi connectivity index (χ2n) is 2.46. The molecule has 0 spiro atoms. The quantitative estimate of drug-likeness (QED) is 0.684. The van der Waals surface area contributed by atoms with E-state index in [1.165, 1.54) is 12.7 Å². The maximum Gasteiger partial charge on any atom is 0.372 e. The molecule has 8 heteroatoms. The highest BCUT2D eigenvalue weighted by Crippen LogP contribution is 2.04. The van der Waals surface area contributed by atoms with Gasteiger partial charge in [0.25, 0.3) is 0 Å². The topological polar surface area (TPSA) is 78.5 Å². The third-order valence-electron chi connectivity index (χ3n) is 1.54. The minimum atomic E-state index is -0.418. The average Bonchev–Trinajstić information content (AvgIpc) is 2.73. The van der Waals surface area contributed by atoms with Gasteiger partial charge in [0.2, 0.25) is 4.73 Å². The number of carbonyl (C=O) groups is 1. The fraction of sp³-hybridized carbons (Fsp3) is 0.167. The zero-order valence-corrected chi connectivity index (χ0v) is 8.71. The van der Waals surface area contributed by atoms with Crippen molar-refractivity contribution < 1.29 is 4.79 Å². The molecular formula is C6H5BrN6O. The summed E-state index contributed by atoms with van der Waals surface area (Å²) in [7, 11) is 0. The van der Waals surface area contributed by atoms with Gasteiger partial charge in [0.15, 0.2) is 0 Å². The number of hydrogen-bond acceptors (Lipinski definition) is 5. The summed E-state index contributed by atoms with van der Waals surface area (Å²) in [4.78, 5) is 19.2. The molecule has 0 fully saturated rings. The van der Waals surface area contributed by atoms with Crippen LogP contribution in [0.15, 0.2) is 17.4 Å². The van der Waals surface area contributed by atoms with Crippen molar-refractivity contribution in [3.05, 3.63) is 23.2 Å². The zero-order chi connectivity index (χ0) is 10.1. The lowest BCUT2D eigenvalue weighted by Crippen LogP contribution is -2.22. The number of aromatic nitrogens is 6. The Hall–Kier alpha value is -1.57. The van der Waals surface area contributed by atoms with E-state index in [-0.39, 0.29) is 0 Å². The Balaban J connectivity index is 2.41. The van der Waals surface area contributed by atoms with E-state index in [9.17, 15) is 4.79 Å². The van der Waals surface area contributed by atoms with Crippen LogP contribution in [0.4, 0.5) is 4.79 Å². The first-order valence-corrected chi connectivity index (χ1v) is 4.46. The smallest absolute Gasteiger partial charge is 0.243 e. The maximum atomic E-state index is 11.6. The fourth-order valence-electron chi connectivity index (χ4n) is 0.943. The fourth-order valence-corrected chi connectivity index (χ4v) is 1.36. The Morgan fingerprint density at radius 3 is 2.86 bits per heavy atom. The van der Waals surface area contributed by atoms with Gasteiger partial charge in [0, 0.05) is 0 Å². The van der Waals surface area contributed by atoms with E-state index in [1.807, 2.05) is 0 Å². The molecule has 0 unspecified atom stereocenters. The van der Waals surface area contributed by atoms with Crippen molar-refractivity contribution in [3.63, 3.8) is 0 Å². The van der Waals surface area contributed by atoms with Gasteiger partial charge in [-0.1, -0.05) is 0 Å². The molecule has 0 radical (unpaired) electrons. The maximum absolute atomic E-state index is 11.6. The van der Waals surface area contributed by atoms with Crippen LogP contribution in [-0.4, -0.2) is 35.6 Å². The molecule has 14 heavy (non-hydrogen) atoms. The minimum Gasteiger partial charge on any atom is -0.243 e. The first-order valence-electron chi connectivity index (χ1n) is 3.67. The van der Waals surface area contributed by atoms with Crippen LogP contribution in [0.1, 0.15) is 5.82 Å². The van der Waals surface area contributed by atoms with E-state index in [1.54, 1.807) is 6.92 Å². The molecule has 0 saturated heterocycles. The van der Waals surface area contributed by atoms with E-state index in [2.05, 4.69) is 36.1 Å². The molecule has 0 saturated carbocycles. The van der Waals surface area contributed by atoms with Crippen LogP contribution in [0.5, 0.6) is 0 Å². The number of aryl methyl sites for hydroxylation is 1. The molecule has 2 aromatic heterocycles. The van der Waals surface area contributed by atoms with Gasteiger partial charge in [-0.3, -0.25) is 0 Å². The van der Waals surface area contributed by atoms with Crippen molar-refractivity contribution in [1.29, 1.82) is 0 Å². The molecule has 2 aromatic rings. The second-order valence-corrected chi connectivity index (χ2v) is 3.17. The van der Waals surface area contributed by atoms with E-state index < -0.39 is 6.03 Å². The molecule has 0 aliphatic carbocycles. The molecule has 2 heterocycles. The third-order valence-corrected chi connectivity index (χ3v) is 1.87. The summed E-state index contributed by atoms with van der Waals surface area (Å²) >= 11 is 3.07. The molecule has 0 N–H and O–H groups in total. The highest BCUT2D eigenvalue weighted by Gasteiger charge is 2.13. The predicted octanol–water partition coefficient (Wildman–Crippen LogP) is 0.457. The van der Waals surface area contributed by atoms with Crippen LogP contribution in [0, 0.1) is 6.92 Å². The Labute approximate surface area is 86.9 Å². The lowest BCUT2D eigenvalue weighted by molar-refractivity contribution is 0.237. The van der Waals surface area contributed by atoms with E-state index in [0.29, 0.717) is 10.6 Å². The van der Waals surface area contributed by atoms with Crippen molar-refractivity contribution in [2.75, 3.05) is 0 Å². The minimum absolute atomic E-state index is 0.364. The monoisotopic (exact) mass is 256 g/mol. The van der Waals surface area contributed by atoms with Gasteiger partial charge >= 0.3 is 6.03 Å². The van der Waals surface area contributed by atoms with Crippen LogP contribution in [0.2, 0.25) is 0 Å². The Morgan fingerprint density at radius 2 is 2.36 bits per heavy atom. The molecule has 0 bridgehead atoms. The lowest BCUT2D eigenvalue weighted by atomic mass is 10.7. The van der Waals surface area contributed by atoms with Gasteiger partial charge in [-0.2, -0.15) is 14.5 Å². The molecule has 0 amide bonds. The van der Waals surface area contributed by atoms with Gasteiger partial charge in [0.1, 0.15) is 18.5 Å². The highest BCUT2D eigenvalue weighted by atomic mass is 79.9. The number of nitrogens with zero attached hydrogens (tertiary/aromatic N) is 6. The molecule has 2 rings (SSSR count). The van der Waals surface area contributed by atoms with E-state index >= 15 is 0 Å². The Bertz CT molecular complexity index is 461. The van der Waals surface area contributed by atoms with Gasteiger partial charge < -0.3 is 0 Å².